The largest absolute Gasteiger partial charge is 0.326 e. The maximum atomic E-state index is 6.54. The summed E-state index contributed by atoms with van der Waals surface area (Å²) in [6, 6.07) is 4.39. The van der Waals surface area contributed by atoms with Crippen LogP contribution in [0.25, 0.3) is 0 Å². The fourth-order valence-electron chi connectivity index (χ4n) is 2.90. The number of likely N-dealkylation sites (N-methyl/N-ethyl adjacent to an activating group) is 1. The zero-order chi connectivity index (χ0) is 15.2. The monoisotopic (exact) mass is 277 g/mol. The summed E-state index contributed by atoms with van der Waals surface area (Å²) in [7, 11) is 0. The molecule has 2 N–H and O–H groups in total. The number of pyridine rings is 1. The Morgan fingerprint density at radius 3 is 2.25 bits per heavy atom. The van der Waals surface area contributed by atoms with Crippen molar-refractivity contribution in [2.45, 2.75) is 65.5 Å². The van der Waals surface area contributed by atoms with E-state index in [0.717, 1.165) is 38.0 Å². The summed E-state index contributed by atoms with van der Waals surface area (Å²) in [5.74, 6) is 0. The third-order valence-corrected chi connectivity index (χ3v) is 4.72. The maximum Gasteiger partial charge on any atom is 0.0419 e. The first-order valence-corrected chi connectivity index (χ1v) is 7.96. The van der Waals surface area contributed by atoms with Crippen LogP contribution in [0.15, 0.2) is 18.3 Å². The van der Waals surface area contributed by atoms with E-state index in [1.165, 1.54) is 5.56 Å². The molecule has 1 aromatic rings. The van der Waals surface area contributed by atoms with Gasteiger partial charge in [0.05, 0.1) is 0 Å². The second-order valence-corrected chi connectivity index (χ2v) is 5.70. The molecule has 0 bridgehead atoms. The molecule has 0 spiro atoms. The van der Waals surface area contributed by atoms with Gasteiger partial charge in [0.1, 0.15) is 0 Å². The number of aromatic nitrogens is 1. The standard InChI is InChI=1S/C17H31N3/c1-6-14-10-11-15(19-13-14)12-16(18)17(5,7-2)20(8-3)9-4/h10-11,13,16H,6-9,12,18H2,1-5H3. The molecule has 0 aliphatic carbocycles. The quantitative estimate of drug-likeness (QED) is 0.794. The molecule has 3 heteroatoms. The zero-order valence-electron chi connectivity index (χ0n) is 13.8. The minimum absolute atomic E-state index is 0.0363. The zero-order valence-corrected chi connectivity index (χ0v) is 13.8. The smallest absolute Gasteiger partial charge is 0.0419 e. The van der Waals surface area contributed by atoms with Gasteiger partial charge in [-0.1, -0.05) is 33.8 Å². The van der Waals surface area contributed by atoms with Crippen molar-refractivity contribution in [3.05, 3.63) is 29.6 Å². The molecule has 20 heavy (non-hydrogen) atoms. The van der Waals surface area contributed by atoms with Crippen LogP contribution in [0.1, 0.15) is 52.3 Å². The molecule has 1 heterocycles. The van der Waals surface area contributed by atoms with Crippen LogP contribution in [-0.4, -0.2) is 34.6 Å². The summed E-state index contributed by atoms with van der Waals surface area (Å²) in [6.45, 7) is 13.2. The molecule has 0 saturated heterocycles. The lowest BCUT2D eigenvalue weighted by atomic mass is 9.85. The van der Waals surface area contributed by atoms with E-state index in [4.69, 9.17) is 5.73 Å². The third-order valence-electron chi connectivity index (χ3n) is 4.72. The van der Waals surface area contributed by atoms with Crippen molar-refractivity contribution >= 4 is 0 Å². The van der Waals surface area contributed by atoms with Gasteiger partial charge in [-0.15, -0.1) is 0 Å². The molecule has 0 amide bonds. The van der Waals surface area contributed by atoms with Gasteiger partial charge in [-0.05, 0) is 44.5 Å². The van der Waals surface area contributed by atoms with Gasteiger partial charge < -0.3 is 5.73 Å². The van der Waals surface area contributed by atoms with Gasteiger partial charge in [-0.2, -0.15) is 0 Å². The first kappa shape index (κ1) is 17.1. The highest BCUT2D eigenvalue weighted by Gasteiger charge is 2.34. The van der Waals surface area contributed by atoms with Crippen LogP contribution in [0.3, 0.4) is 0 Å². The van der Waals surface area contributed by atoms with Crippen LogP contribution in [0.5, 0.6) is 0 Å². The minimum Gasteiger partial charge on any atom is -0.326 e. The van der Waals surface area contributed by atoms with E-state index in [9.17, 15) is 0 Å². The summed E-state index contributed by atoms with van der Waals surface area (Å²) < 4.78 is 0. The van der Waals surface area contributed by atoms with Crippen LogP contribution in [0.2, 0.25) is 0 Å². The highest BCUT2D eigenvalue weighted by atomic mass is 15.2. The number of rotatable bonds is 8. The number of hydrogen-bond acceptors (Lipinski definition) is 3. The lowest BCUT2D eigenvalue weighted by Gasteiger charge is -2.44. The molecule has 0 aromatic carbocycles. The van der Waals surface area contributed by atoms with Crippen molar-refractivity contribution in [2.24, 2.45) is 5.73 Å². The molecular weight excluding hydrogens is 246 g/mol. The average molecular weight is 277 g/mol. The first-order valence-electron chi connectivity index (χ1n) is 7.96. The molecule has 0 aliphatic heterocycles. The van der Waals surface area contributed by atoms with Gasteiger partial charge in [-0.25, -0.2) is 0 Å². The molecule has 2 atom stereocenters. The van der Waals surface area contributed by atoms with Crippen molar-refractivity contribution < 1.29 is 0 Å². The minimum atomic E-state index is 0.0363. The molecule has 1 aromatic heterocycles. The van der Waals surface area contributed by atoms with Gasteiger partial charge in [0.25, 0.3) is 0 Å². The highest BCUT2D eigenvalue weighted by Crippen LogP contribution is 2.24. The molecule has 3 nitrogen and oxygen atoms in total. The second kappa shape index (κ2) is 7.75. The molecule has 0 radical (unpaired) electrons. The Morgan fingerprint density at radius 2 is 1.85 bits per heavy atom. The van der Waals surface area contributed by atoms with Crippen LogP contribution in [0, 0.1) is 0 Å². The Hall–Kier alpha value is -0.930. The first-order chi connectivity index (χ1) is 9.51. The Labute approximate surface area is 124 Å². The fourth-order valence-corrected chi connectivity index (χ4v) is 2.90. The lowest BCUT2D eigenvalue weighted by molar-refractivity contribution is 0.0842. The molecule has 0 aliphatic rings. The van der Waals surface area contributed by atoms with Gasteiger partial charge in [0.2, 0.25) is 0 Å². The summed E-state index contributed by atoms with van der Waals surface area (Å²) in [5.41, 5.74) is 8.95. The van der Waals surface area contributed by atoms with Crippen LogP contribution in [0.4, 0.5) is 0 Å². The predicted molar refractivity (Wildman–Crippen MR) is 86.9 cm³/mol. The van der Waals surface area contributed by atoms with Gasteiger partial charge >= 0.3 is 0 Å². The normalized spacial score (nSPS) is 16.1. The Bertz CT molecular complexity index is 384. The van der Waals surface area contributed by atoms with Crippen molar-refractivity contribution in [2.75, 3.05) is 13.1 Å². The van der Waals surface area contributed by atoms with Crippen LogP contribution >= 0.6 is 0 Å². The summed E-state index contributed by atoms with van der Waals surface area (Å²) >= 11 is 0. The van der Waals surface area contributed by atoms with Crippen molar-refractivity contribution in [3.8, 4) is 0 Å². The van der Waals surface area contributed by atoms with Crippen molar-refractivity contribution in [3.63, 3.8) is 0 Å². The Balaban J connectivity index is 2.82. The fraction of sp³-hybridized carbons (Fsp3) is 0.706. The topological polar surface area (TPSA) is 42.1 Å². The van der Waals surface area contributed by atoms with E-state index in [0.29, 0.717) is 0 Å². The number of nitrogens with zero attached hydrogens (tertiary/aromatic N) is 2. The average Bonchev–Trinajstić information content (AvgIpc) is 2.48. The number of nitrogens with two attached hydrogens (primary N) is 1. The lowest BCUT2D eigenvalue weighted by Crippen LogP contribution is -2.58. The SMILES string of the molecule is CCc1ccc(CC(N)C(C)(CC)N(CC)CC)nc1. The van der Waals surface area contributed by atoms with Crippen LogP contribution < -0.4 is 5.73 Å². The Morgan fingerprint density at radius 1 is 1.20 bits per heavy atom. The molecule has 2 unspecified atom stereocenters. The third kappa shape index (κ3) is 3.80. The molecule has 0 saturated carbocycles. The van der Waals surface area contributed by atoms with E-state index in [1.807, 2.05) is 6.20 Å². The molecule has 1 rings (SSSR count). The number of aryl methyl sites for hydroxylation is 1. The molecular formula is C17H31N3. The van der Waals surface area contributed by atoms with Crippen molar-refractivity contribution in [1.29, 1.82) is 0 Å². The predicted octanol–water partition coefficient (Wildman–Crippen LogP) is 3.02. The molecule has 114 valence electrons. The van der Waals surface area contributed by atoms with Gasteiger partial charge in [0, 0.05) is 29.9 Å². The van der Waals surface area contributed by atoms with Gasteiger partial charge in [-0.3, -0.25) is 9.88 Å². The van der Waals surface area contributed by atoms with E-state index in [1.54, 1.807) is 0 Å². The van der Waals surface area contributed by atoms with Crippen LogP contribution in [-0.2, 0) is 12.8 Å². The van der Waals surface area contributed by atoms with E-state index >= 15 is 0 Å². The Kier molecular flexibility index (Phi) is 6.63. The van der Waals surface area contributed by atoms with E-state index in [2.05, 4.69) is 56.6 Å². The second-order valence-electron chi connectivity index (χ2n) is 5.70. The highest BCUT2D eigenvalue weighted by molar-refractivity contribution is 5.15. The summed E-state index contributed by atoms with van der Waals surface area (Å²) in [5, 5.41) is 0. The van der Waals surface area contributed by atoms with Gasteiger partial charge in [0.15, 0.2) is 0 Å². The maximum absolute atomic E-state index is 6.54. The summed E-state index contributed by atoms with van der Waals surface area (Å²) in [4.78, 5) is 7.02. The summed E-state index contributed by atoms with van der Waals surface area (Å²) in [6.07, 6.45) is 4.90. The number of hydrogen-bond donors (Lipinski definition) is 1. The van der Waals surface area contributed by atoms with Crippen molar-refractivity contribution in [1.82, 2.24) is 9.88 Å². The molecule has 0 fully saturated rings. The van der Waals surface area contributed by atoms with E-state index < -0.39 is 0 Å². The van der Waals surface area contributed by atoms with E-state index in [-0.39, 0.29) is 11.6 Å².